The summed E-state index contributed by atoms with van der Waals surface area (Å²) in [5.41, 5.74) is 1.36. The molecule has 1 fully saturated rings. The van der Waals surface area contributed by atoms with Crippen LogP contribution < -0.4 is 10.6 Å². The molecule has 4 rings (SSSR count). The van der Waals surface area contributed by atoms with Crippen molar-refractivity contribution < 1.29 is 14.0 Å². The lowest BCUT2D eigenvalue weighted by Crippen LogP contribution is -2.44. The van der Waals surface area contributed by atoms with Gasteiger partial charge in [-0.15, -0.1) is 0 Å². The van der Waals surface area contributed by atoms with Crippen molar-refractivity contribution in [1.82, 2.24) is 20.2 Å². The Hall–Kier alpha value is -2.57. The molecular weight excluding hydrogens is 320 g/mol. The monoisotopic (exact) mass is 342 g/mol. The van der Waals surface area contributed by atoms with Crippen LogP contribution in [-0.2, 0) is 24.3 Å². The molecule has 0 radical (unpaired) electrons. The third kappa shape index (κ3) is 3.31. The molecule has 2 amide bonds. The molecule has 1 aliphatic carbocycles. The first-order chi connectivity index (χ1) is 12.2. The highest BCUT2D eigenvalue weighted by Crippen LogP contribution is 2.24. The van der Waals surface area contributed by atoms with Gasteiger partial charge in [0.25, 0.3) is 5.91 Å². The van der Waals surface area contributed by atoms with Gasteiger partial charge in [0.15, 0.2) is 0 Å². The van der Waals surface area contributed by atoms with Crippen molar-refractivity contribution in [2.45, 2.75) is 51.2 Å². The topological polar surface area (TPSA) is 89.2 Å². The minimum absolute atomic E-state index is 0.0404. The molecule has 0 spiro atoms. The standard InChI is InChI=1S/C18H22N4O3/c23-17(21-13-3-1-4-13)12-6-7-15-16(20-11-22(15)10-12)18(24)19-9-14-5-2-8-25-14/h2,5,8,11-13H,1,3-4,6-7,9-10H2,(H,19,24)(H,21,23). The number of furan rings is 1. The summed E-state index contributed by atoms with van der Waals surface area (Å²) in [5, 5.41) is 5.95. The van der Waals surface area contributed by atoms with Crippen LogP contribution in [0.3, 0.4) is 0 Å². The van der Waals surface area contributed by atoms with Gasteiger partial charge in [-0.3, -0.25) is 9.59 Å². The number of carbonyl (C=O) groups excluding carboxylic acids is 2. The van der Waals surface area contributed by atoms with E-state index in [-0.39, 0.29) is 17.7 Å². The maximum atomic E-state index is 12.4. The molecule has 1 atom stereocenters. The van der Waals surface area contributed by atoms with Crippen LogP contribution in [0.15, 0.2) is 29.1 Å². The molecule has 1 saturated carbocycles. The second-order valence-corrected chi connectivity index (χ2v) is 6.83. The highest BCUT2D eigenvalue weighted by Gasteiger charge is 2.30. The number of nitrogens with zero attached hydrogens (tertiary/aromatic N) is 2. The Labute approximate surface area is 145 Å². The minimum Gasteiger partial charge on any atom is -0.467 e. The minimum atomic E-state index is -0.206. The summed E-state index contributed by atoms with van der Waals surface area (Å²) >= 11 is 0. The van der Waals surface area contributed by atoms with Gasteiger partial charge in [-0.25, -0.2) is 4.98 Å². The Balaban J connectivity index is 1.37. The average Bonchev–Trinajstić information content (AvgIpc) is 3.24. The van der Waals surface area contributed by atoms with Crippen LogP contribution in [0.4, 0.5) is 0 Å². The summed E-state index contributed by atoms with van der Waals surface area (Å²) in [6.45, 7) is 0.927. The fraction of sp³-hybridized carbons (Fsp3) is 0.500. The van der Waals surface area contributed by atoms with E-state index in [0.717, 1.165) is 25.0 Å². The van der Waals surface area contributed by atoms with Crippen LogP contribution in [0.25, 0.3) is 0 Å². The Morgan fingerprint density at radius 3 is 2.92 bits per heavy atom. The van der Waals surface area contributed by atoms with Crippen molar-refractivity contribution in [3.8, 4) is 0 Å². The van der Waals surface area contributed by atoms with Gasteiger partial charge >= 0.3 is 0 Å². The van der Waals surface area contributed by atoms with Crippen LogP contribution in [0.1, 0.15) is 47.6 Å². The van der Waals surface area contributed by atoms with Crippen LogP contribution in [0.2, 0.25) is 0 Å². The van der Waals surface area contributed by atoms with Crippen molar-refractivity contribution in [1.29, 1.82) is 0 Å². The predicted octanol–water partition coefficient (Wildman–Crippen LogP) is 1.64. The summed E-state index contributed by atoms with van der Waals surface area (Å²) in [5.74, 6) is 0.589. The van der Waals surface area contributed by atoms with E-state index in [1.807, 2.05) is 10.6 Å². The van der Waals surface area contributed by atoms with Crippen LogP contribution >= 0.6 is 0 Å². The number of carbonyl (C=O) groups is 2. The Kier molecular flexibility index (Phi) is 4.29. The number of nitrogens with one attached hydrogen (secondary N) is 2. The number of rotatable bonds is 5. The highest BCUT2D eigenvalue weighted by atomic mass is 16.3. The Bertz CT molecular complexity index is 761. The predicted molar refractivity (Wildman–Crippen MR) is 89.7 cm³/mol. The molecule has 0 aromatic carbocycles. The van der Waals surface area contributed by atoms with E-state index in [2.05, 4.69) is 15.6 Å². The van der Waals surface area contributed by atoms with Crippen molar-refractivity contribution in [2.75, 3.05) is 0 Å². The van der Waals surface area contributed by atoms with E-state index in [9.17, 15) is 9.59 Å². The van der Waals surface area contributed by atoms with Gasteiger partial charge in [-0.2, -0.15) is 0 Å². The Morgan fingerprint density at radius 1 is 1.32 bits per heavy atom. The quantitative estimate of drug-likeness (QED) is 0.864. The zero-order valence-corrected chi connectivity index (χ0v) is 14.0. The van der Waals surface area contributed by atoms with Crippen LogP contribution in [0.5, 0.6) is 0 Å². The van der Waals surface area contributed by atoms with E-state index in [1.165, 1.54) is 6.42 Å². The molecule has 132 valence electrons. The second-order valence-electron chi connectivity index (χ2n) is 6.83. The highest BCUT2D eigenvalue weighted by molar-refractivity contribution is 5.93. The van der Waals surface area contributed by atoms with Gasteiger partial charge in [0, 0.05) is 12.6 Å². The molecule has 0 bridgehead atoms. The van der Waals surface area contributed by atoms with Gasteiger partial charge in [0.1, 0.15) is 11.5 Å². The number of imidazole rings is 1. The number of hydrogen-bond acceptors (Lipinski definition) is 4. The molecule has 3 heterocycles. The first-order valence-electron chi connectivity index (χ1n) is 8.85. The van der Waals surface area contributed by atoms with Crippen molar-refractivity contribution in [2.24, 2.45) is 5.92 Å². The number of hydrogen-bond donors (Lipinski definition) is 2. The normalized spacial score (nSPS) is 19.8. The van der Waals surface area contributed by atoms with Crippen molar-refractivity contribution >= 4 is 11.8 Å². The van der Waals surface area contributed by atoms with Gasteiger partial charge < -0.3 is 19.6 Å². The average molecular weight is 342 g/mol. The molecule has 2 aliphatic rings. The van der Waals surface area contributed by atoms with Gasteiger partial charge in [-0.05, 0) is 44.2 Å². The number of aromatic nitrogens is 2. The second kappa shape index (κ2) is 6.74. The molecule has 7 nitrogen and oxygen atoms in total. The molecule has 25 heavy (non-hydrogen) atoms. The lowest BCUT2D eigenvalue weighted by Gasteiger charge is -2.30. The molecule has 2 N–H and O–H groups in total. The maximum absolute atomic E-state index is 12.4. The van der Waals surface area contributed by atoms with Gasteiger partial charge in [-0.1, -0.05) is 0 Å². The summed E-state index contributed by atoms with van der Waals surface area (Å²) < 4.78 is 7.16. The van der Waals surface area contributed by atoms with Crippen LogP contribution in [-0.4, -0.2) is 27.4 Å². The molecule has 1 unspecified atom stereocenters. The van der Waals surface area contributed by atoms with Gasteiger partial charge in [0.2, 0.25) is 5.91 Å². The first kappa shape index (κ1) is 15.9. The summed E-state index contributed by atoms with van der Waals surface area (Å²) in [6, 6.07) is 3.96. The number of fused-ring (bicyclic) bond motifs is 1. The van der Waals surface area contributed by atoms with E-state index >= 15 is 0 Å². The van der Waals surface area contributed by atoms with E-state index in [0.29, 0.717) is 37.0 Å². The molecule has 2 aromatic rings. The van der Waals surface area contributed by atoms with E-state index in [1.54, 1.807) is 18.7 Å². The zero-order valence-electron chi connectivity index (χ0n) is 14.0. The smallest absolute Gasteiger partial charge is 0.272 e. The summed E-state index contributed by atoms with van der Waals surface area (Å²) in [4.78, 5) is 29.0. The third-order valence-corrected chi connectivity index (χ3v) is 5.13. The number of amides is 2. The maximum Gasteiger partial charge on any atom is 0.272 e. The molecule has 7 heteroatoms. The van der Waals surface area contributed by atoms with E-state index in [4.69, 9.17) is 4.42 Å². The van der Waals surface area contributed by atoms with Crippen molar-refractivity contribution in [3.63, 3.8) is 0 Å². The molecule has 0 saturated heterocycles. The lowest BCUT2D eigenvalue weighted by molar-refractivity contribution is -0.127. The van der Waals surface area contributed by atoms with Gasteiger partial charge in [0.05, 0.1) is 30.7 Å². The largest absolute Gasteiger partial charge is 0.467 e. The molecular formula is C18H22N4O3. The fourth-order valence-corrected chi connectivity index (χ4v) is 3.41. The molecule has 2 aromatic heterocycles. The first-order valence-corrected chi connectivity index (χ1v) is 8.85. The summed E-state index contributed by atoms with van der Waals surface area (Å²) in [7, 11) is 0. The lowest BCUT2D eigenvalue weighted by atomic mass is 9.91. The van der Waals surface area contributed by atoms with Crippen LogP contribution in [0, 0.1) is 5.92 Å². The SMILES string of the molecule is O=C(NCc1ccco1)c1ncn2c1CCC(C(=O)NC1CCC1)C2. The fourth-order valence-electron chi connectivity index (χ4n) is 3.41. The third-order valence-electron chi connectivity index (χ3n) is 5.13. The van der Waals surface area contributed by atoms with E-state index < -0.39 is 0 Å². The summed E-state index contributed by atoms with van der Waals surface area (Å²) in [6.07, 6.45) is 8.07. The van der Waals surface area contributed by atoms with Crippen molar-refractivity contribution in [3.05, 3.63) is 41.9 Å². The Morgan fingerprint density at radius 2 is 2.20 bits per heavy atom. The zero-order chi connectivity index (χ0) is 17.2. The molecule has 1 aliphatic heterocycles.